The van der Waals surface area contributed by atoms with E-state index in [1.165, 1.54) is 0 Å². The van der Waals surface area contributed by atoms with Crippen molar-refractivity contribution in [3.8, 4) is 5.75 Å². The fourth-order valence-corrected chi connectivity index (χ4v) is 2.71. The first-order valence-electron chi connectivity index (χ1n) is 8.72. The lowest BCUT2D eigenvalue weighted by atomic mass is 9.98. The van der Waals surface area contributed by atoms with E-state index in [1.54, 1.807) is 32.2 Å². The highest BCUT2D eigenvalue weighted by Gasteiger charge is 2.30. The maximum absolute atomic E-state index is 12.4. The van der Waals surface area contributed by atoms with Crippen molar-refractivity contribution in [1.29, 1.82) is 0 Å². The maximum atomic E-state index is 12.4. The van der Waals surface area contributed by atoms with Gasteiger partial charge in [0, 0.05) is 0 Å². The molecule has 0 fully saturated rings. The van der Waals surface area contributed by atoms with E-state index in [-0.39, 0.29) is 0 Å². The summed E-state index contributed by atoms with van der Waals surface area (Å²) >= 11 is 0. The van der Waals surface area contributed by atoms with Crippen molar-refractivity contribution in [3.05, 3.63) is 62.2 Å². The lowest BCUT2D eigenvalue weighted by Crippen LogP contribution is -2.41. The first-order chi connectivity index (χ1) is 14.2. The Morgan fingerprint density at radius 2 is 1.63 bits per heavy atom. The highest BCUT2D eigenvalue weighted by molar-refractivity contribution is 5.86. The minimum Gasteiger partial charge on any atom is -0.497 e. The normalized spacial score (nSPS) is 13.7. The average molecular weight is 424 g/mol. The zero-order chi connectivity index (χ0) is 22.3. The molecule has 3 atom stereocenters. The van der Waals surface area contributed by atoms with Crippen molar-refractivity contribution in [2.45, 2.75) is 25.0 Å². The summed E-state index contributed by atoms with van der Waals surface area (Å²) in [6.07, 6.45) is -3.39. The third-order valence-electron chi connectivity index (χ3n) is 4.35. The van der Waals surface area contributed by atoms with E-state index in [1.807, 2.05) is 18.2 Å². The first kappa shape index (κ1) is 22.6. The van der Waals surface area contributed by atoms with Crippen LogP contribution in [0.1, 0.15) is 18.4 Å². The number of methoxy groups -OCH3 is 1. The molecule has 1 N–H and O–H groups in total. The molecular formula is C18H20N2O10. The van der Waals surface area contributed by atoms with Crippen molar-refractivity contribution in [2.75, 3.05) is 20.3 Å². The number of aliphatic hydroxyl groups is 1. The molecule has 0 amide bonds. The van der Waals surface area contributed by atoms with Gasteiger partial charge in [-0.1, -0.05) is 24.3 Å². The van der Waals surface area contributed by atoms with Crippen molar-refractivity contribution < 1.29 is 39.2 Å². The molecule has 162 valence electrons. The summed E-state index contributed by atoms with van der Waals surface area (Å²) in [5, 5.41) is 29.6. The van der Waals surface area contributed by atoms with Crippen LogP contribution in [0.25, 0.3) is 10.8 Å². The lowest BCUT2D eigenvalue weighted by molar-refractivity contribution is -0.799. The molecule has 2 aromatic carbocycles. The molecule has 1 unspecified atom stereocenters. The number of nitrogens with zero attached hydrogens (tertiary/aromatic N) is 2. The number of carbonyl (C=O) groups excluding carboxylic acids is 1. The van der Waals surface area contributed by atoms with Gasteiger partial charge in [0.2, 0.25) is 0 Å². The van der Waals surface area contributed by atoms with Gasteiger partial charge in [0.25, 0.3) is 10.2 Å². The second kappa shape index (κ2) is 10.2. The second-order valence-corrected chi connectivity index (χ2v) is 6.24. The Balaban J connectivity index is 2.09. The Morgan fingerprint density at radius 1 is 1.03 bits per heavy atom. The summed E-state index contributed by atoms with van der Waals surface area (Å²) in [5.41, 5.74) is 0.629. The molecule has 30 heavy (non-hydrogen) atoms. The number of esters is 1. The summed E-state index contributed by atoms with van der Waals surface area (Å²) in [6.45, 7) is -0.109. The van der Waals surface area contributed by atoms with Crippen molar-refractivity contribution in [1.82, 2.24) is 0 Å². The number of benzene rings is 2. The molecule has 2 aromatic rings. The third-order valence-corrected chi connectivity index (χ3v) is 4.35. The molecular weight excluding hydrogens is 404 g/mol. The number of ether oxygens (including phenoxy) is 2. The summed E-state index contributed by atoms with van der Waals surface area (Å²) in [4.78, 5) is 41.9. The van der Waals surface area contributed by atoms with Gasteiger partial charge in [-0.15, -0.1) is 20.2 Å². The molecule has 0 heterocycles. The fraction of sp³-hybridized carbons (Fsp3) is 0.389. The Labute approximate surface area is 170 Å². The van der Waals surface area contributed by atoms with Gasteiger partial charge >= 0.3 is 5.97 Å². The molecule has 12 heteroatoms. The van der Waals surface area contributed by atoms with Crippen molar-refractivity contribution in [3.63, 3.8) is 0 Å². The van der Waals surface area contributed by atoms with Crippen LogP contribution < -0.4 is 4.74 Å². The number of hydrogen-bond acceptors (Lipinski definition) is 10. The third kappa shape index (κ3) is 5.91. The van der Waals surface area contributed by atoms with Gasteiger partial charge in [-0.05, 0) is 35.4 Å². The Kier molecular flexibility index (Phi) is 7.69. The van der Waals surface area contributed by atoms with Gasteiger partial charge in [-0.25, -0.2) is 0 Å². The van der Waals surface area contributed by atoms with E-state index in [4.69, 9.17) is 14.6 Å². The molecule has 0 aliphatic rings. The summed E-state index contributed by atoms with van der Waals surface area (Å²) in [6, 6.07) is 10.8. The van der Waals surface area contributed by atoms with Crippen LogP contribution in [0.15, 0.2) is 36.4 Å². The van der Waals surface area contributed by atoms with E-state index in [2.05, 4.69) is 9.68 Å². The number of carbonyl (C=O) groups is 1. The molecule has 0 saturated heterocycles. The summed E-state index contributed by atoms with van der Waals surface area (Å²) in [5.74, 6) is -0.788. The van der Waals surface area contributed by atoms with Crippen LogP contribution in [0.4, 0.5) is 0 Å². The Morgan fingerprint density at radius 3 is 2.23 bits per heavy atom. The molecule has 0 spiro atoms. The molecule has 2 rings (SSSR count). The average Bonchev–Trinajstić information content (AvgIpc) is 2.72. The van der Waals surface area contributed by atoms with E-state index >= 15 is 0 Å². The highest BCUT2D eigenvalue weighted by Crippen LogP contribution is 2.26. The monoisotopic (exact) mass is 424 g/mol. The quantitative estimate of drug-likeness (QED) is 0.319. The van der Waals surface area contributed by atoms with E-state index in [0.29, 0.717) is 11.3 Å². The Bertz CT molecular complexity index is 919. The Hall–Kier alpha value is -3.67. The number of rotatable bonds is 11. The molecule has 0 aliphatic heterocycles. The maximum Gasteiger partial charge on any atom is 0.313 e. The zero-order valence-corrected chi connectivity index (χ0v) is 16.1. The van der Waals surface area contributed by atoms with E-state index < -0.39 is 47.5 Å². The largest absolute Gasteiger partial charge is 0.497 e. The van der Waals surface area contributed by atoms with Crippen LogP contribution in [0.5, 0.6) is 5.75 Å². The van der Waals surface area contributed by atoms with Crippen LogP contribution >= 0.6 is 0 Å². The summed E-state index contributed by atoms with van der Waals surface area (Å²) < 4.78 is 10.2. The van der Waals surface area contributed by atoms with Crippen molar-refractivity contribution in [2.24, 2.45) is 0 Å². The zero-order valence-electron chi connectivity index (χ0n) is 16.1. The molecule has 0 aliphatic carbocycles. The first-order valence-corrected chi connectivity index (χ1v) is 8.72. The van der Waals surface area contributed by atoms with Gasteiger partial charge in [-0.3, -0.25) is 4.79 Å². The fourth-order valence-electron chi connectivity index (χ4n) is 2.71. The second-order valence-electron chi connectivity index (χ2n) is 6.24. The molecule has 0 radical (unpaired) electrons. The van der Waals surface area contributed by atoms with Crippen molar-refractivity contribution >= 4 is 16.7 Å². The van der Waals surface area contributed by atoms with Crippen LogP contribution in [0.2, 0.25) is 0 Å². The standard InChI is InChI=1S/C18H20N2O10/c1-11(12-3-4-14-8-15(27-2)6-5-13(14)7-12)18(22)28-10-17(30-20(25)26)16(9-21)29-19(23)24/h3-8,11,16-17,21H,9-10H2,1-2H3/t11-,16-,17?/m0/s1. The van der Waals surface area contributed by atoms with E-state index in [0.717, 1.165) is 10.8 Å². The predicted molar refractivity (Wildman–Crippen MR) is 101 cm³/mol. The van der Waals surface area contributed by atoms with Gasteiger partial charge in [-0.2, -0.15) is 0 Å². The van der Waals surface area contributed by atoms with Gasteiger partial charge in [0.05, 0.1) is 19.6 Å². The molecule has 0 saturated carbocycles. The van der Waals surface area contributed by atoms with Crippen LogP contribution in [-0.2, 0) is 19.2 Å². The SMILES string of the molecule is COc1ccc2cc([C@H](C)C(=O)OCC(O[N+](=O)[O-])[C@H](CO)O[N+](=O)[O-])ccc2c1. The topological polar surface area (TPSA) is 161 Å². The highest BCUT2D eigenvalue weighted by atomic mass is 17.0. The number of hydrogen-bond donors (Lipinski definition) is 1. The van der Waals surface area contributed by atoms with Crippen LogP contribution in [-0.4, -0.2) is 53.8 Å². The van der Waals surface area contributed by atoms with E-state index in [9.17, 15) is 25.0 Å². The minimum atomic E-state index is -1.70. The van der Waals surface area contributed by atoms with Crippen LogP contribution in [0, 0.1) is 20.2 Å². The van der Waals surface area contributed by atoms with Gasteiger partial charge < -0.3 is 24.3 Å². The van der Waals surface area contributed by atoms with Gasteiger partial charge in [0.15, 0.2) is 12.2 Å². The molecule has 0 aromatic heterocycles. The molecule has 0 bridgehead atoms. The molecule has 12 nitrogen and oxygen atoms in total. The predicted octanol–water partition coefficient (Wildman–Crippen LogP) is 1.64. The van der Waals surface area contributed by atoms with Crippen LogP contribution in [0.3, 0.4) is 0 Å². The summed E-state index contributed by atoms with van der Waals surface area (Å²) in [7, 11) is 1.56. The minimum absolute atomic E-state index is 0.629. The number of aliphatic hydroxyl groups excluding tert-OH is 1. The lowest BCUT2D eigenvalue weighted by Gasteiger charge is -2.22. The smallest absolute Gasteiger partial charge is 0.313 e. The number of fused-ring (bicyclic) bond motifs is 1. The van der Waals surface area contributed by atoms with Gasteiger partial charge in [0.1, 0.15) is 12.4 Å².